The third-order valence-corrected chi connectivity index (χ3v) is 3.69. The van der Waals surface area contributed by atoms with Crippen LogP contribution in [0, 0.1) is 19.7 Å². The van der Waals surface area contributed by atoms with Crippen molar-refractivity contribution in [1.82, 2.24) is 0 Å². The molecule has 3 aromatic rings. The van der Waals surface area contributed by atoms with E-state index >= 15 is 0 Å². The van der Waals surface area contributed by atoms with Gasteiger partial charge in [0.15, 0.2) is 5.76 Å². The zero-order valence-electron chi connectivity index (χ0n) is 12.9. The maximum atomic E-state index is 13.8. The Kier molecular flexibility index (Phi) is 3.98. The van der Waals surface area contributed by atoms with Crippen molar-refractivity contribution in [3.8, 4) is 11.3 Å². The average Bonchev–Trinajstić information content (AvgIpc) is 3.01. The third kappa shape index (κ3) is 3.01. The van der Waals surface area contributed by atoms with Gasteiger partial charge in [0, 0.05) is 5.69 Å². The molecule has 23 heavy (non-hydrogen) atoms. The van der Waals surface area contributed by atoms with Gasteiger partial charge in [-0.1, -0.05) is 30.3 Å². The Hall–Kier alpha value is -2.88. The second kappa shape index (κ2) is 6.08. The van der Waals surface area contributed by atoms with Gasteiger partial charge in [0.1, 0.15) is 11.6 Å². The first kappa shape index (κ1) is 15.0. The number of benzene rings is 2. The predicted octanol–water partition coefficient (Wildman–Crippen LogP) is 4.95. The lowest BCUT2D eigenvalue weighted by molar-refractivity contribution is 0.0997. The molecule has 1 aromatic heterocycles. The molecule has 0 saturated carbocycles. The van der Waals surface area contributed by atoms with Gasteiger partial charge in [-0.15, -0.1) is 0 Å². The van der Waals surface area contributed by atoms with Gasteiger partial charge in [-0.3, -0.25) is 4.79 Å². The minimum Gasteiger partial charge on any atom is -0.451 e. The molecule has 3 nitrogen and oxygen atoms in total. The number of anilines is 1. The van der Waals surface area contributed by atoms with Gasteiger partial charge >= 0.3 is 0 Å². The van der Waals surface area contributed by atoms with Crippen molar-refractivity contribution in [2.24, 2.45) is 0 Å². The number of aryl methyl sites for hydroxylation is 2. The van der Waals surface area contributed by atoms with E-state index in [1.165, 1.54) is 6.07 Å². The van der Waals surface area contributed by atoms with Crippen molar-refractivity contribution in [3.05, 3.63) is 77.3 Å². The first-order chi connectivity index (χ1) is 11.1. The van der Waals surface area contributed by atoms with E-state index in [9.17, 15) is 9.18 Å². The Bertz CT molecular complexity index is 847. The normalized spacial score (nSPS) is 10.6. The van der Waals surface area contributed by atoms with Crippen LogP contribution in [-0.2, 0) is 0 Å². The number of nitrogens with one attached hydrogen (secondary N) is 1. The second-order valence-electron chi connectivity index (χ2n) is 5.36. The highest BCUT2D eigenvalue weighted by Crippen LogP contribution is 2.26. The summed E-state index contributed by atoms with van der Waals surface area (Å²) in [5.41, 5.74) is 3.04. The quantitative estimate of drug-likeness (QED) is 0.743. The van der Waals surface area contributed by atoms with E-state index in [4.69, 9.17) is 4.42 Å². The molecule has 116 valence electrons. The lowest BCUT2D eigenvalue weighted by Gasteiger charge is -2.10. The Morgan fingerprint density at radius 1 is 0.957 bits per heavy atom. The van der Waals surface area contributed by atoms with Crippen LogP contribution in [0.3, 0.4) is 0 Å². The van der Waals surface area contributed by atoms with Gasteiger partial charge in [0.25, 0.3) is 5.91 Å². The molecule has 0 atom stereocenters. The summed E-state index contributed by atoms with van der Waals surface area (Å²) >= 11 is 0. The van der Waals surface area contributed by atoms with Crippen LogP contribution in [-0.4, -0.2) is 5.91 Å². The molecular weight excluding hydrogens is 293 g/mol. The Morgan fingerprint density at radius 2 is 1.65 bits per heavy atom. The van der Waals surface area contributed by atoms with Crippen molar-refractivity contribution in [2.45, 2.75) is 13.8 Å². The summed E-state index contributed by atoms with van der Waals surface area (Å²) in [7, 11) is 0. The summed E-state index contributed by atoms with van der Waals surface area (Å²) in [4.78, 5) is 12.3. The molecule has 0 saturated heterocycles. The van der Waals surface area contributed by atoms with Crippen molar-refractivity contribution in [1.29, 1.82) is 0 Å². The van der Waals surface area contributed by atoms with Gasteiger partial charge in [-0.05, 0) is 49.2 Å². The summed E-state index contributed by atoms with van der Waals surface area (Å²) in [6.45, 7) is 3.85. The Labute approximate surface area is 133 Å². The lowest BCUT2D eigenvalue weighted by Crippen LogP contribution is -2.12. The molecule has 0 aliphatic rings. The van der Waals surface area contributed by atoms with E-state index in [1.54, 1.807) is 30.3 Å². The maximum absolute atomic E-state index is 13.8. The molecule has 2 aromatic carbocycles. The largest absolute Gasteiger partial charge is 0.451 e. The first-order valence-corrected chi connectivity index (χ1v) is 7.28. The summed E-state index contributed by atoms with van der Waals surface area (Å²) in [5, 5.41) is 2.85. The lowest BCUT2D eigenvalue weighted by atomic mass is 10.1. The van der Waals surface area contributed by atoms with E-state index in [0.29, 0.717) is 11.3 Å². The van der Waals surface area contributed by atoms with Crippen LogP contribution in [0.25, 0.3) is 11.3 Å². The number of rotatable bonds is 3. The fourth-order valence-corrected chi connectivity index (χ4v) is 2.45. The molecular formula is C19H16FNO2. The van der Waals surface area contributed by atoms with Gasteiger partial charge in [0.2, 0.25) is 0 Å². The SMILES string of the molecule is Cc1cccc(C)c1NC(=O)c1ccc(-c2ccccc2F)o1. The number of halogens is 1. The van der Waals surface area contributed by atoms with Crippen LogP contribution in [0.4, 0.5) is 10.1 Å². The third-order valence-electron chi connectivity index (χ3n) is 3.69. The summed E-state index contributed by atoms with van der Waals surface area (Å²) in [6.07, 6.45) is 0. The highest BCUT2D eigenvalue weighted by molar-refractivity contribution is 6.03. The van der Waals surface area contributed by atoms with E-state index < -0.39 is 0 Å². The highest BCUT2D eigenvalue weighted by Gasteiger charge is 2.15. The molecule has 0 aliphatic carbocycles. The Balaban J connectivity index is 1.86. The zero-order chi connectivity index (χ0) is 16.4. The molecule has 4 heteroatoms. The first-order valence-electron chi connectivity index (χ1n) is 7.28. The Morgan fingerprint density at radius 3 is 2.35 bits per heavy atom. The van der Waals surface area contributed by atoms with E-state index in [2.05, 4.69) is 5.32 Å². The van der Waals surface area contributed by atoms with Gasteiger partial charge in [-0.2, -0.15) is 0 Å². The van der Waals surface area contributed by atoms with Crippen molar-refractivity contribution in [2.75, 3.05) is 5.32 Å². The van der Waals surface area contributed by atoms with Gasteiger partial charge in [-0.25, -0.2) is 4.39 Å². The topological polar surface area (TPSA) is 42.2 Å². The minimum atomic E-state index is -0.386. The zero-order valence-corrected chi connectivity index (χ0v) is 12.9. The van der Waals surface area contributed by atoms with E-state index in [0.717, 1.165) is 16.8 Å². The molecule has 0 radical (unpaired) electrons. The number of hydrogen-bond donors (Lipinski definition) is 1. The van der Waals surface area contributed by atoms with Crippen LogP contribution in [0.15, 0.2) is 59.0 Å². The molecule has 0 spiro atoms. The molecule has 1 heterocycles. The van der Waals surface area contributed by atoms with Crippen LogP contribution in [0.1, 0.15) is 21.7 Å². The minimum absolute atomic E-state index is 0.144. The maximum Gasteiger partial charge on any atom is 0.291 e. The van der Waals surface area contributed by atoms with Gasteiger partial charge in [0.05, 0.1) is 5.56 Å². The van der Waals surface area contributed by atoms with Gasteiger partial charge < -0.3 is 9.73 Å². The fraction of sp³-hybridized carbons (Fsp3) is 0.105. The number of hydrogen-bond acceptors (Lipinski definition) is 2. The van der Waals surface area contributed by atoms with Crippen LogP contribution >= 0.6 is 0 Å². The van der Waals surface area contributed by atoms with E-state index in [1.807, 2.05) is 32.0 Å². The summed E-state index contributed by atoms with van der Waals surface area (Å²) in [5.74, 6) is -0.269. The van der Waals surface area contributed by atoms with Crippen molar-refractivity contribution < 1.29 is 13.6 Å². The molecule has 1 amide bonds. The molecule has 0 bridgehead atoms. The van der Waals surface area contributed by atoms with Crippen LogP contribution < -0.4 is 5.32 Å². The summed E-state index contributed by atoms with van der Waals surface area (Å²) in [6, 6.07) is 15.2. The fourth-order valence-electron chi connectivity index (χ4n) is 2.45. The number of furan rings is 1. The summed E-state index contributed by atoms with van der Waals surface area (Å²) < 4.78 is 19.3. The number of carbonyl (C=O) groups excluding carboxylic acids is 1. The molecule has 0 aliphatic heterocycles. The number of carbonyl (C=O) groups is 1. The molecule has 0 fully saturated rings. The standard InChI is InChI=1S/C19H16FNO2/c1-12-6-5-7-13(2)18(12)21-19(22)17-11-10-16(23-17)14-8-3-4-9-15(14)20/h3-11H,1-2H3,(H,21,22). The highest BCUT2D eigenvalue weighted by atomic mass is 19.1. The van der Waals surface area contributed by atoms with Crippen molar-refractivity contribution >= 4 is 11.6 Å². The monoisotopic (exact) mass is 309 g/mol. The molecule has 3 rings (SSSR count). The number of para-hydroxylation sites is 1. The predicted molar refractivity (Wildman–Crippen MR) is 88.0 cm³/mol. The molecule has 1 N–H and O–H groups in total. The average molecular weight is 309 g/mol. The van der Waals surface area contributed by atoms with Crippen LogP contribution in [0.2, 0.25) is 0 Å². The smallest absolute Gasteiger partial charge is 0.291 e. The second-order valence-corrected chi connectivity index (χ2v) is 5.36. The number of amides is 1. The van der Waals surface area contributed by atoms with Crippen LogP contribution in [0.5, 0.6) is 0 Å². The van der Waals surface area contributed by atoms with Crippen molar-refractivity contribution in [3.63, 3.8) is 0 Å². The van der Waals surface area contributed by atoms with E-state index in [-0.39, 0.29) is 17.5 Å². The molecule has 0 unspecified atom stereocenters.